The second kappa shape index (κ2) is 8.90. The van der Waals surface area contributed by atoms with Gasteiger partial charge in [-0.2, -0.15) is 10.4 Å². The third-order valence-corrected chi connectivity index (χ3v) is 5.19. The van der Waals surface area contributed by atoms with Crippen molar-refractivity contribution in [3.63, 3.8) is 0 Å². The van der Waals surface area contributed by atoms with Crippen LogP contribution in [0.5, 0.6) is 5.75 Å². The summed E-state index contributed by atoms with van der Waals surface area (Å²) in [6, 6.07) is 13.9. The molecule has 0 aliphatic carbocycles. The molecule has 0 bridgehead atoms. The molecular formula is C24H15F3N4O4. The van der Waals surface area contributed by atoms with Gasteiger partial charge in [-0.15, -0.1) is 18.3 Å². The Hall–Kier alpha value is -4.72. The number of ketones is 1. The van der Waals surface area contributed by atoms with Crippen LogP contribution in [0.25, 0.3) is 0 Å². The van der Waals surface area contributed by atoms with Crippen molar-refractivity contribution in [2.24, 2.45) is 0 Å². The highest BCUT2D eigenvalue weighted by Gasteiger charge is 2.45. The molecule has 35 heavy (non-hydrogen) atoms. The number of aromatic nitrogens is 2. The first kappa shape index (κ1) is 23.4. The van der Waals surface area contributed by atoms with Crippen molar-refractivity contribution in [3.05, 3.63) is 94.4 Å². The average Bonchev–Trinajstić information content (AvgIpc) is 3.09. The van der Waals surface area contributed by atoms with Crippen LogP contribution in [-0.4, -0.2) is 33.4 Å². The molecule has 1 N–H and O–H groups in total. The van der Waals surface area contributed by atoms with Gasteiger partial charge in [-0.25, -0.2) is 0 Å². The van der Waals surface area contributed by atoms with Crippen LogP contribution in [0.4, 0.5) is 19.0 Å². The van der Waals surface area contributed by atoms with Crippen LogP contribution in [-0.2, 0) is 4.79 Å². The van der Waals surface area contributed by atoms with Crippen molar-refractivity contribution < 1.29 is 32.6 Å². The number of alkyl halides is 3. The molecule has 2 heterocycles. The minimum Gasteiger partial charge on any atom is -0.503 e. The number of hydrogen-bond donors (Lipinski definition) is 1. The lowest BCUT2D eigenvalue weighted by atomic mass is 9.92. The quantitative estimate of drug-likeness (QED) is 0.540. The predicted octanol–water partition coefficient (Wildman–Crippen LogP) is 4.34. The van der Waals surface area contributed by atoms with Crippen LogP contribution >= 0.6 is 0 Å². The maximum Gasteiger partial charge on any atom is 0.573 e. The molecule has 0 saturated heterocycles. The summed E-state index contributed by atoms with van der Waals surface area (Å²) in [6.45, 7) is 1.68. The first-order valence-electron chi connectivity index (χ1n) is 10.1. The zero-order valence-corrected chi connectivity index (χ0v) is 17.9. The maximum absolute atomic E-state index is 13.4. The Morgan fingerprint density at radius 1 is 1.06 bits per heavy atom. The lowest BCUT2D eigenvalue weighted by Crippen LogP contribution is -2.32. The largest absolute Gasteiger partial charge is 0.573 e. The smallest absolute Gasteiger partial charge is 0.503 e. The van der Waals surface area contributed by atoms with Crippen molar-refractivity contribution in [1.82, 2.24) is 10.2 Å². The minimum absolute atomic E-state index is 0.0235. The molecule has 4 rings (SSSR count). The zero-order valence-electron chi connectivity index (χ0n) is 17.9. The standard InChI is InChI=1S/C24H15F3N4O4/c1-13-2-11-18(30-29-13)31-20(15-7-9-17(10-8-15)35-24(25,26)27)19(22(33)23(31)34)21(32)16-5-3-14(12-28)4-6-16/h2-11,20,33H,1H3. The summed E-state index contributed by atoms with van der Waals surface area (Å²) in [5, 5.41) is 27.6. The van der Waals surface area contributed by atoms with E-state index in [1.807, 2.05) is 6.07 Å². The molecule has 1 unspecified atom stereocenters. The van der Waals surface area contributed by atoms with Crippen LogP contribution in [0, 0.1) is 18.3 Å². The van der Waals surface area contributed by atoms with Gasteiger partial charge in [0.15, 0.2) is 17.4 Å². The number of halogens is 3. The molecule has 8 nitrogen and oxygen atoms in total. The topological polar surface area (TPSA) is 116 Å². The van der Waals surface area contributed by atoms with E-state index in [0.717, 1.165) is 17.0 Å². The number of nitriles is 1. The fraction of sp³-hybridized carbons (Fsp3) is 0.125. The Balaban J connectivity index is 1.81. The van der Waals surface area contributed by atoms with Crippen LogP contribution in [0.3, 0.4) is 0 Å². The van der Waals surface area contributed by atoms with Gasteiger partial charge in [0, 0.05) is 5.56 Å². The fourth-order valence-electron chi connectivity index (χ4n) is 3.61. The molecule has 1 atom stereocenters. The Morgan fingerprint density at radius 3 is 2.26 bits per heavy atom. The number of rotatable bonds is 5. The normalized spacial score (nSPS) is 15.8. The number of ether oxygens (including phenoxy) is 1. The Kier molecular flexibility index (Phi) is 5.96. The summed E-state index contributed by atoms with van der Waals surface area (Å²) in [4.78, 5) is 27.5. The maximum atomic E-state index is 13.4. The number of carbonyl (C=O) groups is 2. The second-order valence-corrected chi connectivity index (χ2v) is 7.51. The lowest BCUT2D eigenvalue weighted by molar-refractivity contribution is -0.274. The summed E-state index contributed by atoms with van der Waals surface area (Å²) in [5.41, 5.74) is 0.868. The van der Waals surface area contributed by atoms with Gasteiger partial charge in [0.1, 0.15) is 5.75 Å². The van der Waals surface area contributed by atoms with Gasteiger partial charge >= 0.3 is 6.36 Å². The van der Waals surface area contributed by atoms with Crippen LogP contribution in [0.15, 0.2) is 72.0 Å². The number of benzene rings is 2. The van der Waals surface area contributed by atoms with Gasteiger partial charge in [-0.05, 0) is 61.0 Å². The third-order valence-electron chi connectivity index (χ3n) is 5.19. The molecule has 1 aliphatic rings. The molecule has 0 fully saturated rings. The van der Waals surface area contributed by atoms with Gasteiger partial charge in [0.2, 0.25) is 0 Å². The third kappa shape index (κ3) is 4.67. The monoisotopic (exact) mass is 480 g/mol. The molecule has 1 aromatic heterocycles. The number of Topliss-reactive ketones (excluding diaryl/α,β-unsaturated/α-hetero) is 1. The summed E-state index contributed by atoms with van der Waals surface area (Å²) < 4.78 is 41.6. The van der Waals surface area contributed by atoms with Crippen LogP contribution < -0.4 is 9.64 Å². The van der Waals surface area contributed by atoms with E-state index >= 15 is 0 Å². The molecule has 1 amide bonds. The Morgan fingerprint density at radius 2 is 1.71 bits per heavy atom. The molecule has 11 heteroatoms. The Labute approximate surface area is 196 Å². The van der Waals surface area contributed by atoms with E-state index in [0.29, 0.717) is 11.3 Å². The van der Waals surface area contributed by atoms with E-state index in [4.69, 9.17) is 5.26 Å². The first-order chi connectivity index (χ1) is 16.6. The van der Waals surface area contributed by atoms with Crippen LogP contribution in [0.1, 0.15) is 33.2 Å². The van der Waals surface area contributed by atoms with Crippen molar-refractivity contribution in [3.8, 4) is 11.8 Å². The van der Waals surface area contributed by atoms with E-state index in [1.165, 1.54) is 42.5 Å². The molecule has 3 aromatic rings. The van der Waals surface area contributed by atoms with Crippen molar-refractivity contribution in [2.75, 3.05) is 4.90 Å². The van der Waals surface area contributed by atoms with Gasteiger partial charge in [0.05, 0.1) is 28.9 Å². The van der Waals surface area contributed by atoms with E-state index in [2.05, 4.69) is 14.9 Å². The summed E-state index contributed by atoms with van der Waals surface area (Å²) >= 11 is 0. The summed E-state index contributed by atoms with van der Waals surface area (Å²) in [5.74, 6) is -2.94. The van der Waals surface area contributed by atoms with E-state index in [9.17, 15) is 27.9 Å². The molecule has 0 saturated carbocycles. The minimum atomic E-state index is -4.90. The number of aliphatic hydroxyl groups is 1. The SMILES string of the molecule is Cc1ccc(N2C(=O)C(O)=C(C(=O)c3ccc(C#N)cc3)C2c2ccc(OC(F)(F)F)cc2)nn1. The van der Waals surface area contributed by atoms with Crippen molar-refractivity contribution in [2.45, 2.75) is 19.3 Å². The van der Waals surface area contributed by atoms with Crippen LogP contribution in [0.2, 0.25) is 0 Å². The van der Waals surface area contributed by atoms with E-state index in [1.54, 1.807) is 13.0 Å². The van der Waals surface area contributed by atoms with E-state index < -0.39 is 35.6 Å². The second-order valence-electron chi connectivity index (χ2n) is 7.51. The van der Waals surface area contributed by atoms with Crippen molar-refractivity contribution >= 4 is 17.5 Å². The number of nitrogens with zero attached hydrogens (tertiary/aromatic N) is 4. The number of aryl methyl sites for hydroxylation is 1. The molecule has 176 valence electrons. The predicted molar refractivity (Wildman–Crippen MR) is 115 cm³/mol. The highest BCUT2D eigenvalue weighted by Crippen LogP contribution is 2.41. The highest BCUT2D eigenvalue weighted by molar-refractivity contribution is 6.20. The lowest BCUT2D eigenvalue weighted by Gasteiger charge is -2.25. The van der Waals surface area contributed by atoms with Gasteiger partial charge in [0.25, 0.3) is 5.91 Å². The molecule has 1 aliphatic heterocycles. The van der Waals surface area contributed by atoms with Gasteiger partial charge in [-0.3, -0.25) is 14.5 Å². The number of anilines is 1. The molecule has 0 radical (unpaired) electrons. The Bertz CT molecular complexity index is 1360. The zero-order chi connectivity index (χ0) is 25.3. The summed E-state index contributed by atoms with van der Waals surface area (Å²) in [7, 11) is 0. The first-order valence-corrected chi connectivity index (χ1v) is 10.1. The van der Waals surface area contributed by atoms with Crippen molar-refractivity contribution in [1.29, 1.82) is 5.26 Å². The number of amides is 1. The molecular weight excluding hydrogens is 465 g/mol. The van der Waals surface area contributed by atoms with Gasteiger partial charge < -0.3 is 9.84 Å². The number of hydrogen-bond acceptors (Lipinski definition) is 7. The average molecular weight is 480 g/mol. The highest BCUT2D eigenvalue weighted by atomic mass is 19.4. The summed E-state index contributed by atoms with van der Waals surface area (Å²) in [6.07, 6.45) is -4.90. The van der Waals surface area contributed by atoms with E-state index in [-0.39, 0.29) is 22.5 Å². The van der Waals surface area contributed by atoms with Gasteiger partial charge in [-0.1, -0.05) is 12.1 Å². The number of carbonyl (C=O) groups excluding carboxylic acids is 2. The fourth-order valence-corrected chi connectivity index (χ4v) is 3.61. The molecule has 0 spiro atoms. The molecule has 2 aromatic carbocycles. The number of aliphatic hydroxyl groups excluding tert-OH is 1.